The number of hydrogen-bond donors (Lipinski definition) is 2. The van der Waals surface area contributed by atoms with Gasteiger partial charge in [-0.3, -0.25) is 4.79 Å². The lowest BCUT2D eigenvalue weighted by molar-refractivity contribution is -0.143. The summed E-state index contributed by atoms with van der Waals surface area (Å²) in [7, 11) is 0. The number of esters is 1. The van der Waals surface area contributed by atoms with Crippen LogP contribution in [0.3, 0.4) is 0 Å². The SMILES string of the molecule is O=C(OC1CN(C(=O)O)CC1C(=O)O)c1ccccc1. The van der Waals surface area contributed by atoms with E-state index in [1.807, 2.05) is 0 Å². The summed E-state index contributed by atoms with van der Waals surface area (Å²) in [6.07, 6.45) is -2.20. The number of carboxylic acids is 1. The van der Waals surface area contributed by atoms with Gasteiger partial charge in [-0.1, -0.05) is 18.2 Å². The molecule has 1 aromatic carbocycles. The molecule has 0 saturated carbocycles. The van der Waals surface area contributed by atoms with Gasteiger partial charge in [0.25, 0.3) is 0 Å². The van der Waals surface area contributed by atoms with E-state index in [9.17, 15) is 14.4 Å². The zero-order chi connectivity index (χ0) is 14.7. The Hall–Kier alpha value is -2.57. The Morgan fingerprint density at radius 1 is 1.10 bits per heavy atom. The highest BCUT2D eigenvalue weighted by Crippen LogP contribution is 2.21. The lowest BCUT2D eigenvalue weighted by atomic mass is 10.1. The summed E-state index contributed by atoms with van der Waals surface area (Å²) >= 11 is 0. The number of rotatable bonds is 3. The summed E-state index contributed by atoms with van der Waals surface area (Å²) < 4.78 is 5.13. The van der Waals surface area contributed by atoms with Crippen LogP contribution >= 0.6 is 0 Å². The third-order valence-corrected chi connectivity index (χ3v) is 3.12. The maximum Gasteiger partial charge on any atom is 0.407 e. The molecule has 1 amide bonds. The van der Waals surface area contributed by atoms with Gasteiger partial charge in [-0.2, -0.15) is 0 Å². The van der Waals surface area contributed by atoms with E-state index < -0.39 is 30.1 Å². The minimum atomic E-state index is -1.23. The van der Waals surface area contributed by atoms with Gasteiger partial charge in [0.1, 0.15) is 12.0 Å². The molecule has 0 bridgehead atoms. The molecule has 106 valence electrons. The van der Waals surface area contributed by atoms with Crippen LogP contribution in [-0.2, 0) is 9.53 Å². The fraction of sp³-hybridized carbons (Fsp3) is 0.308. The summed E-state index contributed by atoms with van der Waals surface area (Å²) in [4.78, 5) is 34.7. The lowest BCUT2D eigenvalue weighted by Gasteiger charge is -2.15. The van der Waals surface area contributed by atoms with Crippen LogP contribution in [0.15, 0.2) is 30.3 Å². The first-order valence-electron chi connectivity index (χ1n) is 5.95. The largest absolute Gasteiger partial charge is 0.481 e. The average molecular weight is 279 g/mol. The minimum absolute atomic E-state index is 0.134. The molecule has 0 aromatic heterocycles. The van der Waals surface area contributed by atoms with Crippen LogP contribution in [0.25, 0.3) is 0 Å². The van der Waals surface area contributed by atoms with Crippen LogP contribution in [0.5, 0.6) is 0 Å². The zero-order valence-electron chi connectivity index (χ0n) is 10.4. The van der Waals surface area contributed by atoms with Crippen molar-refractivity contribution in [1.82, 2.24) is 4.90 Å². The van der Waals surface area contributed by atoms with Gasteiger partial charge in [0.05, 0.1) is 12.1 Å². The Balaban J connectivity index is 2.09. The molecule has 2 rings (SSSR count). The predicted octanol–water partition coefficient (Wildman–Crippen LogP) is 0.906. The van der Waals surface area contributed by atoms with E-state index in [1.165, 1.54) is 0 Å². The second kappa shape index (κ2) is 5.60. The smallest absolute Gasteiger partial charge is 0.407 e. The molecule has 20 heavy (non-hydrogen) atoms. The minimum Gasteiger partial charge on any atom is -0.481 e. The Kier molecular flexibility index (Phi) is 3.88. The normalized spacial score (nSPS) is 21.5. The molecule has 0 radical (unpaired) electrons. The first-order valence-corrected chi connectivity index (χ1v) is 5.95. The van der Waals surface area contributed by atoms with Crippen LogP contribution in [0.1, 0.15) is 10.4 Å². The number of ether oxygens (including phenoxy) is 1. The van der Waals surface area contributed by atoms with Crippen molar-refractivity contribution in [1.29, 1.82) is 0 Å². The average Bonchev–Trinajstić information content (AvgIpc) is 2.84. The van der Waals surface area contributed by atoms with Crippen molar-refractivity contribution in [3.05, 3.63) is 35.9 Å². The van der Waals surface area contributed by atoms with Crippen molar-refractivity contribution in [3.8, 4) is 0 Å². The molecule has 0 spiro atoms. The number of hydrogen-bond acceptors (Lipinski definition) is 4. The molecular weight excluding hydrogens is 266 g/mol. The maximum atomic E-state index is 11.9. The molecule has 1 saturated heterocycles. The lowest BCUT2D eigenvalue weighted by Crippen LogP contribution is -2.31. The number of carbonyl (C=O) groups excluding carboxylic acids is 1. The second-order valence-electron chi connectivity index (χ2n) is 4.44. The van der Waals surface area contributed by atoms with Gasteiger partial charge in [-0.25, -0.2) is 9.59 Å². The number of benzene rings is 1. The zero-order valence-corrected chi connectivity index (χ0v) is 10.4. The Bertz CT molecular complexity index is 529. The first kappa shape index (κ1) is 13.9. The molecule has 2 N–H and O–H groups in total. The van der Waals surface area contributed by atoms with Gasteiger partial charge < -0.3 is 19.8 Å². The van der Waals surface area contributed by atoms with Gasteiger partial charge >= 0.3 is 18.0 Å². The molecule has 1 heterocycles. The fourth-order valence-corrected chi connectivity index (χ4v) is 2.07. The van der Waals surface area contributed by atoms with E-state index in [-0.39, 0.29) is 13.1 Å². The molecule has 7 heteroatoms. The van der Waals surface area contributed by atoms with Crippen molar-refractivity contribution in [2.24, 2.45) is 5.92 Å². The van der Waals surface area contributed by atoms with Gasteiger partial charge in [0, 0.05) is 6.54 Å². The number of amides is 1. The van der Waals surface area contributed by atoms with Gasteiger partial charge in [0.15, 0.2) is 0 Å². The quantitative estimate of drug-likeness (QED) is 0.797. The Labute approximate surface area is 114 Å². The molecule has 1 aliphatic heterocycles. The van der Waals surface area contributed by atoms with Gasteiger partial charge in [0.2, 0.25) is 0 Å². The van der Waals surface area contributed by atoms with E-state index >= 15 is 0 Å². The van der Waals surface area contributed by atoms with Crippen LogP contribution in [0.2, 0.25) is 0 Å². The molecule has 1 aliphatic rings. The van der Waals surface area contributed by atoms with Crippen LogP contribution in [-0.4, -0.2) is 52.3 Å². The van der Waals surface area contributed by atoms with E-state index in [0.29, 0.717) is 5.56 Å². The van der Waals surface area contributed by atoms with Crippen molar-refractivity contribution in [3.63, 3.8) is 0 Å². The first-order chi connectivity index (χ1) is 9.49. The topological polar surface area (TPSA) is 104 Å². The van der Waals surface area contributed by atoms with Gasteiger partial charge in [-0.15, -0.1) is 0 Å². The van der Waals surface area contributed by atoms with E-state index in [0.717, 1.165) is 4.90 Å². The van der Waals surface area contributed by atoms with Crippen molar-refractivity contribution < 1.29 is 29.3 Å². The number of carbonyl (C=O) groups is 3. The highest BCUT2D eigenvalue weighted by atomic mass is 16.5. The molecular formula is C13H13NO6. The molecule has 1 aromatic rings. The maximum absolute atomic E-state index is 11.9. The summed E-state index contributed by atoms with van der Waals surface area (Å²) in [6, 6.07) is 8.13. The van der Waals surface area contributed by atoms with Crippen LogP contribution in [0, 0.1) is 5.92 Å². The van der Waals surface area contributed by atoms with E-state index in [1.54, 1.807) is 30.3 Å². The molecule has 2 unspecified atom stereocenters. The number of nitrogens with zero attached hydrogens (tertiary/aromatic N) is 1. The van der Waals surface area contributed by atoms with Crippen LogP contribution < -0.4 is 0 Å². The highest BCUT2D eigenvalue weighted by Gasteiger charge is 2.42. The number of likely N-dealkylation sites (tertiary alicyclic amines) is 1. The van der Waals surface area contributed by atoms with Crippen molar-refractivity contribution in [2.75, 3.05) is 13.1 Å². The van der Waals surface area contributed by atoms with Gasteiger partial charge in [-0.05, 0) is 12.1 Å². The van der Waals surface area contributed by atoms with Crippen molar-refractivity contribution >= 4 is 18.0 Å². The second-order valence-corrected chi connectivity index (χ2v) is 4.44. The van der Waals surface area contributed by atoms with E-state index in [4.69, 9.17) is 14.9 Å². The number of aliphatic carboxylic acids is 1. The van der Waals surface area contributed by atoms with Crippen LogP contribution in [0.4, 0.5) is 4.79 Å². The van der Waals surface area contributed by atoms with E-state index in [2.05, 4.69) is 0 Å². The standard InChI is InChI=1S/C13H13NO6/c15-11(16)9-6-14(13(18)19)7-10(9)20-12(17)8-4-2-1-3-5-8/h1-5,9-10H,6-7H2,(H,15,16)(H,18,19). The fourth-order valence-electron chi connectivity index (χ4n) is 2.07. The predicted molar refractivity (Wildman–Crippen MR) is 66.4 cm³/mol. The summed E-state index contributed by atoms with van der Waals surface area (Å²) in [5, 5.41) is 17.9. The highest BCUT2D eigenvalue weighted by molar-refractivity contribution is 5.89. The summed E-state index contributed by atoms with van der Waals surface area (Å²) in [5.41, 5.74) is 0.297. The summed E-state index contributed by atoms with van der Waals surface area (Å²) in [6.45, 7) is -0.317. The Morgan fingerprint density at radius 3 is 2.30 bits per heavy atom. The molecule has 1 fully saturated rings. The molecule has 0 aliphatic carbocycles. The number of carboxylic acid groups (broad SMARTS) is 2. The third-order valence-electron chi connectivity index (χ3n) is 3.12. The summed E-state index contributed by atoms with van der Waals surface area (Å²) in [5.74, 6) is -2.88. The van der Waals surface area contributed by atoms with Crippen molar-refractivity contribution in [2.45, 2.75) is 6.10 Å². The Morgan fingerprint density at radius 2 is 1.75 bits per heavy atom. The molecule has 7 nitrogen and oxygen atoms in total. The third kappa shape index (κ3) is 2.87. The molecule has 2 atom stereocenters. The monoisotopic (exact) mass is 279 g/mol.